The lowest BCUT2D eigenvalue weighted by molar-refractivity contribution is -0.123. The third-order valence-corrected chi connectivity index (χ3v) is 1.74. The molecule has 17 heavy (non-hydrogen) atoms. The predicted molar refractivity (Wildman–Crippen MR) is 66.7 cm³/mol. The van der Waals surface area contributed by atoms with Gasteiger partial charge in [0.15, 0.2) is 0 Å². The molecule has 6 nitrogen and oxygen atoms in total. The SMILES string of the molecule is CC(C)C(=O)NCCc1n[nH]c(=O)[nH]1.CCC. The van der Waals surface area contributed by atoms with Crippen LogP contribution in [-0.2, 0) is 11.2 Å². The van der Waals surface area contributed by atoms with Gasteiger partial charge in [0.25, 0.3) is 0 Å². The number of aromatic nitrogens is 3. The van der Waals surface area contributed by atoms with Crippen molar-refractivity contribution in [1.29, 1.82) is 0 Å². The molecule has 0 aromatic carbocycles. The van der Waals surface area contributed by atoms with Crippen LogP contribution in [0.4, 0.5) is 0 Å². The highest BCUT2D eigenvalue weighted by Crippen LogP contribution is 1.90. The summed E-state index contributed by atoms with van der Waals surface area (Å²) in [6.07, 6.45) is 1.78. The Hall–Kier alpha value is -1.59. The Labute approximate surface area is 101 Å². The largest absolute Gasteiger partial charge is 0.355 e. The van der Waals surface area contributed by atoms with Crippen LogP contribution in [0.15, 0.2) is 4.79 Å². The topological polar surface area (TPSA) is 90.6 Å². The molecule has 1 amide bonds. The van der Waals surface area contributed by atoms with Gasteiger partial charge in [-0.15, -0.1) is 0 Å². The summed E-state index contributed by atoms with van der Waals surface area (Å²) in [6.45, 7) is 8.38. The van der Waals surface area contributed by atoms with Crippen molar-refractivity contribution in [2.45, 2.75) is 40.5 Å². The van der Waals surface area contributed by atoms with Crippen LogP contribution in [0.1, 0.15) is 39.9 Å². The normalized spacial score (nSPS) is 9.71. The Morgan fingerprint density at radius 2 is 2.00 bits per heavy atom. The number of hydrogen-bond donors (Lipinski definition) is 3. The lowest BCUT2D eigenvalue weighted by Gasteiger charge is -2.05. The van der Waals surface area contributed by atoms with Crippen molar-refractivity contribution in [2.75, 3.05) is 6.54 Å². The number of nitrogens with zero attached hydrogens (tertiary/aromatic N) is 1. The fraction of sp³-hybridized carbons (Fsp3) is 0.727. The maximum atomic E-state index is 11.1. The number of carbonyl (C=O) groups excluding carboxylic acids is 1. The number of amides is 1. The maximum absolute atomic E-state index is 11.1. The van der Waals surface area contributed by atoms with E-state index in [2.05, 4.69) is 34.3 Å². The molecule has 1 aromatic rings. The average molecular weight is 242 g/mol. The molecule has 0 saturated carbocycles. The summed E-state index contributed by atoms with van der Waals surface area (Å²) in [4.78, 5) is 24.3. The smallest absolute Gasteiger partial charge is 0.340 e. The standard InChI is InChI=1S/C8H14N4O2.C3H8/c1-5(2)7(13)9-4-3-6-10-8(14)12-11-6;1-3-2/h5H,3-4H2,1-2H3,(H,9,13)(H2,10,11,12,14);3H2,1-2H3. The van der Waals surface area contributed by atoms with Gasteiger partial charge >= 0.3 is 5.69 Å². The second-order valence-corrected chi connectivity index (χ2v) is 4.03. The molecule has 1 heterocycles. The minimum Gasteiger partial charge on any atom is -0.355 e. The zero-order chi connectivity index (χ0) is 13.3. The van der Waals surface area contributed by atoms with Gasteiger partial charge in [0.1, 0.15) is 5.82 Å². The van der Waals surface area contributed by atoms with Crippen molar-refractivity contribution in [3.8, 4) is 0 Å². The van der Waals surface area contributed by atoms with E-state index in [9.17, 15) is 9.59 Å². The van der Waals surface area contributed by atoms with Gasteiger partial charge in [-0.1, -0.05) is 34.1 Å². The van der Waals surface area contributed by atoms with Crippen LogP contribution in [0.25, 0.3) is 0 Å². The minimum atomic E-state index is -0.324. The Kier molecular flexibility index (Phi) is 7.75. The van der Waals surface area contributed by atoms with Crippen molar-refractivity contribution >= 4 is 5.91 Å². The zero-order valence-corrected chi connectivity index (χ0v) is 11.0. The van der Waals surface area contributed by atoms with Crippen molar-refractivity contribution in [3.63, 3.8) is 0 Å². The Morgan fingerprint density at radius 3 is 2.41 bits per heavy atom. The van der Waals surface area contributed by atoms with E-state index in [-0.39, 0.29) is 17.5 Å². The zero-order valence-electron chi connectivity index (χ0n) is 11.0. The molecule has 0 aliphatic carbocycles. The molecule has 0 fully saturated rings. The monoisotopic (exact) mass is 242 g/mol. The van der Waals surface area contributed by atoms with Crippen LogP contribution >= 0.6 is 0 Å². The summed E-state index contributed by atoms with van der Waals surface area (Å²) in [6, 6.07) is 0. The minimum absolute atomic E-state index is 0.00267. The summed E-state index contributed by atoms with van der Waals surface area (Å²) in [5.41, 5.74) is -0.324. The molecule has 0 atom stereocenters. The van der Waals surface area contributed by atoms with Crippen LogP contribution in [0.3, 0.4) is 0 Å². The van der Waals surface area contributed by atoms with Gasteiger partial charge in [-0.05, 0) is 0 Å². The molecule has 0 radical (unpaired) electrons. The van der Waals surface area contributed by atoms with Gasteiger partial charge in [-0.3, -0.25) is 9.78 Å². The van der Waals surface area contributed by atoms with Crippen LogP contribution < -0.4 is 11.0 Å². The molecular formula is C11H22N4O2. The lowest BCUT2D eigenvalue weighted by atomic mass is 10.2. The molecular weight excluding hydrogens is 220 g/mol. The molecule has 1 rings (SSSR count). The second-order valence-electron chi connectivity index (χ2n) is 4.03. The number of nitrogens with one attached hydrogen (secondary N) is 3. The maximum Gasteiger partial charge on any atom is 0.340 e. The van der Waals surface area contributed by atoms with Gasteiger partial charge in [-0.2, -0.15) is 5.10 Å². The molecule has 0 saturated heterocycles. The number of rotatable bonds is 4. The van der Waals surface area contributed by atoms with Crippen LogP contribution in [0, 0.1) is 5.92 Å². The Bertz CT molecular complexity index is 368. The number of carbonyl (C=O) groups is 1. The number of hydrogen-bond acceptors (Lipinski definition) is 3. The van der Waals surface area contributed by atoms with E-state index in [1.54, 1.807) is 0 Å². The van der Waals surface area contributed by atoms with E-state index in [0.717, 1.165) is 0 Å². The molecule has 0 spiro atoms. The van der Waals surface area contributed by atoms with E-state index in [1.807, 2.05) is 13.8 Å². The molecule has 6 heteroatoms. The first-order chi connectivity index (χ1) is 8.01. The van der Waals surface area contributed by atoms with E-state index in [4.69, 9.17) is 0 Å². The van der Waals surface area contributed by atoms with Crippen molar-refractivity contribution in [1.82, 2.24) is 20.5 Å². The fourth-order valence-corrected chi connectivity index (χ4v) is 0.932. The first-order valence-corrected chi connectivity index (χ1v) is 5.92. The van der Waals surface area contributed by atoms with Gasteiger partial charge in [0.2, 0.25) is 5.91 Å². The third-order valence-electron chi connectivity index (χ3n) is 1.74. The van der Waals surface area contributed by atoms with Gasteiger partial charge in [0, 0.05) is 18.9 Å². The molecule has 0 aliphatic rings. The first-order valence-electron chi connectivity index (χ1n) is 5.92. The van der Waals surface area contributed by atoms with Crippen LogP contribution in [-0.4, -0.2) is 27.6 Å². The highest BCUT2D eigenvalue weighted by Gasteiger charge is 2.05. The quantitative estimate of drug-likeness (QED) is 0.730. The molecule has 98 valence electrons. The van der Waals surface area contributed by atoms with Crippen LogP contribution in [0.2, 0.25) is 0 Å². The van der Waals surface area contributed by atoms with Crippen molar-refractivity contribution < 1.29 is 4.79 Å². The van der Waals surface area contributed by atoms with Crippen molar-refractivity contribution in [3.05, 3.63) is 16.3 Å². The van der Waals surface area contributed by atoms with E-state index >= 15 is 0 Å². The van der Waals surface area contributed by atoms with Gasteiger partial charge < -0.3 is 5.32 Å². The van der Waals surface area contributed by atoms with E-state index in [0.29, 0.717) is 18.8 Å². The fourth-order valence-electron chi connectivity index (χ4n) is 0.932. The summed E-state index contributed by atoms with van der Waals surface area (Å²) >= 11 is 0. The highest BCUT2D eigenvalue weighted by molar-refractivity contribution is 5.77. The third kappa shape index (κ3) is 7.32. The van der Waals surface area contributed by atoms with E-state index < -0.39 is 0 Å². The van der Waals surface area contributed by atoms with Crippen molar-refractivity contribution in [2.24, 2.45) is 5.92 Å². The summed E-state index contributed by atoms with van der Waals surface area (Å²) < 4.78 is 0. The summed E-state index contributed by atoms with van der Waals surface area (Å²) in [5.74, 6) is 0.537. The Balaban J connectivity index is 0.000000770. The first kappa shape index (κ1) is 15.4. The molecule has 1 aromatic heterocycles. The molecule has 3 N–H and O–H groups in total. The van der Waals surface area contributed by atoms with Gasteiger partial charge in [0.05, 0.1) is 0 Å². The average Bonchev–Trinajstić information content (AvgIpc) is 2.65. The van der Waals surface area contributed by atoms with Gasteiger partial charge in [-0.25, -0.2) is 9.89 Å². The number of H-pyrrole nitrogens is 2. The predicted octanol–water partition coefficient (Wildman–Crippen LogP) is 0.829. The number of aromatic amines is 2. The molecule has 0 bridgehead atoms. The highest BCUT2D eigenvalue weighted by atomic mass is 16.2. The molecule has 0 aliphatic heterocycles. The summed E-state index contributed by atoms with van der Waals surface area (Å²) in [5, 5.41) is 8.69. The molecule has 0 unspecified atom stereocenters. The Morgan fingerprint density at radius 1 is 1.41 bits per heavy atom. The van der Waals surface area contributed by atoms with E-state index in [1.165, 1.54) is 6.42 Å². The van der Waals surface area contributed by atoms with Crippen LogP contribution in [0.5, 0.6) is 0 Å². The second kappa shape index (κ2) is 8.55. The summed E-state index contributed by atoms with van der Waals surface area (Å²) in [7, 11) is 0. The lowest BCUT2D eigenvalue weighted by Crippen LogP contribution is -2.29.